The number of anilines is 1. The van der Waals surface area contributed by atoms with E-state index in [0.29, 0.717) is 6.26 Å². The van der Waals surface area contributed by atoms with Gasteiger partial charge in [-0.25, -0.2) is 0 Å². The number of aliphatic hydroxyl groups excluding tert-OH is 1. The zero-order valence-corrected chi connectivity index (χ0v) is 11.8. The highest BCUT2D eigenvalue weighted by atomic mass is 32.3. The predicted octanol–water partition coefficient (Wildman–Crippen LogP) is 0.585. The van der Waals surface area contributed by atoms with Gasteiger partial charge in [0.05, 0.1) is 17.8 Å². The average molecular weight is 322 g/mol. The summed E-state index contributed by atoms with van der Waals surface area (Å²) in [7, 11) is -4.39. The van der Waals surface area contributed by atoms with Crippen LogP contribution in [0.5, 0.6) is 5.75 Å². The second-order valence-corrected chi connectivity index (χ2v) is 5.17. The van der Waals surface area contributed by atoms with E-state index in [9.17, 15) is 18.3 Å². The molecule has 1 heterocycles. The van der Waals surface area contributed by atoms with Crippen molar-refractivity contribution in [3.05, 3.63) is 48.8 Å². The molecule has 114 valence electrons. The lowest BCUT2D eigenvalue weighted by Gasteiger charge is -2.20. The van der Waals surface area contributed by atoms with Crippen LogP contribution in [0, 0.1) is 11.3 Å². The molecule has 1 amide bonds. The minimum absolute atomic E-state index is 0.116. The Morgan fingerprint density at radius 1 is 1.41 bits per heavy atom. The lowest BCUT2D eigenvalue weighted by molar-refractivity contribution is -0.114. The maximum atomic E-state index is 11.6. The Labute approximate surface area is 126 Å². The summed E-state index contributed by atoms with van der Waals surface area (Å²) in [6.45, 7) is 0. The van der Waals surface area contributed by atoms with Crippen molar-refractivity contribution in [1.29, 1.82) is 5.26 Å². The molecule has 1 aliphatic heterocycles. The van der Waals surface area contributed by atoms with Gasteiger partial charge in [-0.1, -0.05) is 6.07 Å². The Balaban J connectivity index is 2.18. The van der Waals surface area contributed by atoms with Gasteiger partial charge in [-0.15, -0.1) is 8.42 Å². The molecule has 0 bridgehead atoms. The SMILES string of the molecule is N#C/C=C/OS(=O)(=O)Oc1cccc(N2C(=O)C=CC2O)c1. The Kier molecular flexibility index (Phi) is 4.45. The third-order valence-electron chi connectivity index (χ3n) is 2.52. The van der Waals surface area contributed by atoms with Crippen molar-refractivity contribution in [1.82, 2.24) is 0 Å². The average Bonchev–Trinajstić information content (AvgIpc) is 2.78. The first kappa shape index (κ1) is 15.6. The normalized spacial score (nSPS) is 17.7. The van der Waals surface area contributed by atoms with Gasteiger partial charge in [-0.05, 0) is 18.2 Å². The molecule has 0 saturated heterocycles. The number of hydrogen-bond donors (Lipinski definition) is 1. The van der Waals surface area contributed by atoms with E-state index in [2.05, 4.69) is 8.37 Å². The predicted molar refractivity (Wildman–Crippen MR) is 74.5 cm³/mol. The first-order valence-electron chi connectivity index (χ1n) is 5.90. The molecule has 9 heteroatoms. The standard InChI is InChI=1S/C13H10N2O6S/c14-7-2-8-20-22(18,19)21-11-4-1-3-10(9-11)15-12(16)5-6-13(15)17/h1-6,8-9,12,16H/b8-2+. The number of hydrogen-bond acceptors (Lipinski definition) is 7. The zero-order chi connectivity index (χ0) is 16.2. The Hall–Kier alpha value is -2.83. The summed E-state index contributed by atoms with van der Waals surface area (Å²) in [6.07, 6.45) is 2.85. The monoisotopic (exact) mass is 322 g/mol. The van der Waals surface area contributed by atoms with Gasteiger partial charge < -0.3 is 13.5 Å². The van der Waals surface area contributed by atoms with E-state index in [4.69, 9.17) is 5.26 Å². The van der Waals surface area contributed by atoms with Gasteiger partial charge in [0.1, 0.15) is 12.0 Å². The van der Waals surface area contributed by atoms with Crippen molar-refractivity contribution in [3.8, 4) is 11.8 Å². The molecule has 1 atom stereocenters. The van der Waals surface area contributed by atoms with Crippen LogP contribution in [0.1, 0.15) is 0 Å². The summed E-state index contributed by atoms with van der Waals surface area (Å²) in [5, 5.41) is 17.9. The van der Waals surface area contributed by atoms with Crippen LogP contribution in [-0.2, 0) is 19.4 Å². The van der Waals surface area contributed by atoms with Gasteiger partial charge in [-0.2, -0.15) is 5.26 Å². The molecule has 8 nitrogen and oxygen atoms in total. The fourth-order valence-corrected chi connectivity index (χ4v) is 2.26. The van der Waals surface area contributed by atoms with Gasteiger partial charge in [0.2, 0.25) is 0 Å². The van der Waals surface area contributed by atoms with E-state index in [0.717, 1.165) is 11.0 Å². The van der Waals surface area contributed by atoms with Crippen LogP contribution >= 0.6 is 0 Å². The molecule has 0 aliphatic carbocycles. The summed E-state index contributed by atoms with van der Waals surface area (Å²) in [5.74, 6) is -0.560. The first-order chi connectivity index (χ1) is 10.4. The highest BCUT2D eigenvalue weighted by molar-refractivity contribution is 7.82. The van der Waals surface area contributed by atoms with Gasteiger partial charge in [0, 0.05) is 12.1 Å². The van der Waals surface area contributed by atoms with Crippen LogP contribution < -0.4 is 9.08 Å². The second-order valence-electron chi connectivity index (χ2n) is 4.00. The number of rotatable bonds is 5. The van der Waals surface area contributed by atoms with Crippen LogP contribution in [0.4, 0.5) is 5.69 Å². The van der Waals surface area contributed by atoms with Crippen LogP contribution in [-0.4, -0.2) is 25.7 Å². The number of aliphatic hydroxyl groups is 1. The third kappa shape index (κ3) is 3.63. The first-order valence-corrected chi connectivity index (χ1v) is 7.23. The number of benzene rings is 1. The maximum Gasteiger partial charge on any atom is 0.500 e. The number of allylic oxidation sites excluding steroid dienone is 1. The highest BCUT2D eigenvalue weighted by Gasteiger charge is 2.26. The summed E-state index contributed by atoms with van der Waals surface area (Å²) in [4.78, 5) is 12.7. The number of carbonyl (C=O) groups is 1. The topological polar surface area (TPSA) is 117 Å². The number of carbonyl (C=O) groups excluding carboxylic acids is 1. The lowest BCUT2D eigenvalue weighted by atomic mass is 10.2. The van der Waals surface area contributed by atoms with Crippen molar-refractivity contribution in [2.75, 3.05) is 4.90 Å². The van der Waals surface area contributed by atoms with E-state index in [1.807, 2.05) is 0 Å². The Morgan fingerprint density at radius 3 is 2.82 bits per heavy atom. The molecule has 0 spiro atoms. The molecule has 1 unspecified atom stereocenters. The van der Waals surface area contributed by atoms with Gasteiger partial charge in [0.15, 0.2) is 6.23 Å². The lowest BCUT2D eigenvalue weighted by Crippen LogP contribution is -2.33. The van der Waals surface area contributed by atoms with Crippen LogP contribution in [0.3, 0.4) is 0 Å². The number of nitriles is 1. The fourth-order valence-electron chi connectivity index (χ4n) is 1.69. The molecule has 0 fully saturated rings. The molecule has 22 heavy (non-hydrogen) atoms. The fraction of sp³-hybridized carbons (Fsp3) is 0.0769. The summed E-state index contributed by atoms with van der Waals surface area (Å²) < 4.78 is 31.9. The summed E-state index contributed by atoms with van der Waals surface area (Å²) in [5.41, 5.74) is 0.253. The van der Waals surface area contributed by atoms with Crippen molar-refractivity contribution in [3.63, 3.8) is 0 Å². The molecule has 1 N–H and O–H groups in total. The Bertz CT molecular complexity index is 778. The van der Waals surface area contributed by atoms with Crippen molar-refractivity contribution in [2.45, 2.75) is 6.23 Å². The van der Waals surface area contributed by atoms with Crippen LogP contribution in [0.2, 0.25) is 0 Å². The molecule has 0 saturated carbocycles. The molecule has 1 aromatic carbocycles. The minimum Gasteiger partial charge on any atom is -0.369 e. The molecule has 2 rings (SSSR count). The van der Waals surface area contributed by atoms with E-state index < -0.39 is 22.5 Å². The third-order valence-corrected chi connectivity index (χ3v) is 3.27. The molecule has 0 radical (unpaired) electrons. The second kappa shape index (κ2) is 6.30. The summed E-state index contributed by atoms with van der Waals surface area (Å²) in [6, 6.07) is 7.09. The minimum atomic E-state index is -4.39. The molecule has 1 aromatic rings. The van der Waals surface area contributed by atoms with E-state index in [1.54, 1.807) is 6.07 Å². The van der Waals surface area contributed by atoms with E-state index in [1.165, 1.54) is 36.4 Å². The van der Waals surface area contributed by atoms with Gasteiger partial charge >= 0.3 is 10.4 Å². The largest absolute Gasteiger partial charge is 0.500 e. The van der Waals surface area contributed by atoms with Crippen LogP contribution in [0.25, 0.3) is 0 Å². The number of nitrogens with zero attached hydrogens (tertiary/aromatic N) is 2. The van der Waals surface area contributed by atoms with Crippen LogP contribution in [0.15, 0.2) is 48.8 Å². The van der Waals surface area contributed by atoms with Gasteiger partial charge in [0.25, 0.3) is 5.91 Å². The molecule has 1 aliphatic rings. The van der Waals surface area contributed by atoms with E-state index in [-0.39, 0.29) is 11.4 Å². The van der Waals surface area contributed by atoms with E-state index >= 15 is 0 Å². The van der Waals surface area contributed by atoms with Crippen molar-refractivity contribution < 1.29 is 26.7 Å². The van der Waals surface area contributed by atoms with Crippen molar-refractivity contribution >= 4 is 22.0 Å². The highest BCUT2D eigenvalue weighted by Crippen LogP contribution is 2.26. The molecular weight excluding hydrogens is 312 g/mol. The summed E-state index contributed by atoms with van der Waals surface area (Å²) >= 11 is 0. The molecule has 0 aromatic heterocycles. The number of amides is 1. The smallest absolute Gasteiger partial charge is 0.369 e. The van der Waals surface area contributed by atoms with Crippen molar-refractivity contribution in [2.24, 2.45) is 0 Å². The maximum absolute atomic E-state index is 11.6. The zero-order valence-electron chi connectivity index (χ0n) is 11.0. The van der Waals surface area contributed by atoms with Gasteiger partial charge in [-0.3, -0.25) is 9.69 Å². The quantitative estimate of drug-likeness (QED) is 0.622. The Morgan fingerprint density at radius 2 is 2.18 bits per heavy atom. The molecular formula is C13H10N2O6S.